The first-order valence-corrected chi connectivity index (χ1v) is 7.53. The van der Waals surface area contributed by atoms with Gasteiger partial charge in [-0.1, -0.05) is 0 Å². The number of rotatable bonds is 4. The monoisotopic (exact) mass is 284 g/mol. The number of carboxylic acids is 1. The first kappa shape index (κ1) is 15.1. The number of carboxylic acid groups (broad SMARTS) is 1. The van der Waals surface area contributed by atoms with E-state index in [-0.39, 0.29) is 31.1 Å². The van der Waals surface area contributed by atoms with Crippen LogP contribution in [0.5, 0.6) is 0 Å². The first-order chi connectivity index (χ1) is 9.63. The maximum absolute atomic E-state index is 12.7. The molecule has 0 aromatic rings. The van der Waals surface area contributed by atoms with E-state index in [1.807, 2.05) is 4.90 Å². The molecule has 0 radical (unpaired) electrons. The molecule has 114 valence electrons. The molecule has 2 amide bonds. The van der Waals surface area contributed by atoms with Crippen LogP contribution < -0.4 is 0 Å². The summed E-state index contributed by atoms with van der Waals surface area (Å²) in [5.41, 5.74) is 0. The van der Waals surface area contributed by atoms with Gasteiger partial charge in [-0.05, 0) is 38.5 Å². The Morgan fingerprint density at radius 3 is 2.35 bits per heavy atom. The molecule has 2 aliphatic heterocycles. The van der Waals surface area contributed by atoms with Gasteiger partial charge in [-0.15, -0.1) is 0 Å². The summed E-state index contributed by atoms with van der Waals surface area (Å²) in [5.74, 6) is -0.847. The minimum Gasteiger partial charge on any atom is -0.481 e. The predicted octanol–water partition coefficient (Wildman–Crippen LogP) is 1.28. The van der Waals surface area contributed by atoms with Crippen molar-refractivity contribution in [2.24, 2.45) is 0 Å². The Labute approximate surface area is 119 Å². The average molecular weight is 284 g/mol. The highest BCUT2D eigenvalue weighted by molar-refractivity contribution is 5.77. The van der Waals surface area contributed by atoms with Gasteiger partial charge >= 0.3 is 12.0 Å². The quantitative estimate of drug-likeness (QED) is 0.815. The van der Waals surface area contributed by atoms with Gasteiger partial charge in [0.25, 0.3) is 0 Å². The number of likely N-dealkylation sites (tertiary alicyclic amines) is 2. The Kier molecular flexibility index (Phi) is 5.23. The SMILES string of the molecule is O=C(O)CC1CCCN1C(=O)N1CCCCC1CCO. The minimum atomic E-state index is -0.847. The Bertz CT molecular complexity index is 359. The summed E-state index contributed by atoms with van der Waals surface area (Å²) in [4.78, 5) is 27.1. The van der Waals surface area contributed by atoms with Crippen LogP contribution in [0.15, 0.2) is 0 Å². The summed E-state index contributed by atoms with van der Waals surface area (Å²) in [7, 11) is 0. The lowest BCUT2D eigenvalue weighted by molar-refractivity contribution is -0.138. The van der Waals surface area contributed by atoms with Gasteiger partial charge in [0.05, 0.1) is 6.42 Å². The van der Waals surface area contributed by atoms with Crippen molar-refractivity contribution in [1.82, 2.24) is 9.80 Å². The Morgan fingerprint density at radius 1 is 1.00 bits per heavy atom. The van der Waals surface area contributed by atoms with E-state index in [0.717, 1.165) is 38.6 Å². The standard InChI is InChI=1S/C14H24N2O4/c17-9-6-11-4-1-2-7-15(11)14(20)16-8-3-5-12(16)10-13(18)19/h11-12,17H,1-10H2,(H,18,19). The topological polar surface area (TPSA) is 81.1 Å². The molecule has 2 unspecified atom stereocenters. The molecule has 6 heteroatoms. The van der Waals surface area contributed by atoms with Crippen LogP contribution in [0.2, 0.25) is 0 Å². The number of hydrogen-bond acceptors (Lipinski definition) is 3. The van der Waals surface area contributed by atoms with Gasteiger partial charge in [-0.25, -0.2) is 4.79 Å². The number of carbonyl (C=O) groups is 2. The highest BCUT2D eigenvalue weighted by Gasteiger charge is 2.36. The molecule has 2 aliphatic rings. The summed E-state index contributed by atoms with van der Waals surface area (Å²) >= 11 is 0. The van der Waals surface area contributed by atoms with Crippen molar-refractivity contribution >= 4 is 12.0 Å². The van der Waals surface area contributed by atoms with Crippen LogP contribution in [0.3, 0.4) is 0 Å². The number of urea groups is 1. The highest BCUT2D eigenvalue weighted by atomic mass is 16.4. The summed E-state index contributed by atoms with van der Waals surface area (Å²) in [6.07, 6.45) is 5.31. The van der Waals surface area contributed by atoms with Gasteiger partial charge in [0.1, 0.15) is 0 Å². The molecule has 0 aliphatic carbocycles. The van der Waals surface area contributed by atoms with Crippen LogP contribution in [0.1, 0.15) is 44.9 Å². The van der Waals surface area contributed by atoms with Crippen LogP contribution in [-0.2, 0) is 4.79 Å². The molecular formula is C14H24N2O4. The van der Waals surface area contributed by atoms with Crippen LogP contribution in [0, 0.1) is 0 Å². The Morgan fingerprint density at radius 2 is 1.65 bits per heavy atom. The van der Waals surface area contributed by atoms with Gasteiger partial charge in [-0.2, -0.15) is 0 Å². The van der Waals surface area contributed by atoms with Gasteiger partial charge in [0, 0.05) is 31.8 Å². The number of piperidine rings is 1. The van der Waals surface area contributed by atoms with Crippen molar-refractivity contribution in [2.45, 2.75) is 57.0 Å². The van der Waals surface area contributed by atoms with Crippen molar-refractivity contribution in [2.75, 3.05) is 19.7 Å². The molecule has 0 spiro atoms. The van der Waals surface area contributed by atoms with Crippen molar-refractivity contribution < 1.29 is 19.8 Å². The first-order valence-electron chi connectivity index (χ1n) is 7.53. The lowest BCUT2D eigenvalue weighted by Crippen LogP contribution is -2.52. The number of aliphatic hydroxyl groups excluding tert-OH is 1. The maximum Gasteiger partial charge on any atom is 0.320 e. The molecule has 2 heterocycles. The molecular weight excluding hydrogens is 260 g/mol. The number of hydrogen-bond donors (Lipinski definition) is 2. The minimum absolute atomic E-state index is 0.0320. The van der Waals surface area contributed by atoms with E-state index >= 15 is 0 Å². The van der Waals surface area contributed by atoms with Crippen LogP contribution in [0.25, 0.3) is 0 Å². The largest absolute Gasteiger partial charge is 0.481 e. The van der Waals surface area contributed by atoms with E-state index in [9.17, 15) is 9.59 Å². The zero-order chi connectivity index (χ0) is 14.5. The molecule has 0 saturated carbocycles. The molecule has 2 rings (SSSR count). The second-order valence-electron chi connectivity index (χ2n) is 5.73. The van der Waals surface area contributed by atoms with Crippen LogP contribution >= 0.6 is 0 Å². The molecule has 0 aromatic carbocycles. The number of aliphatic hydroxyl groups is 1. The summed E-state index contributed by atoms with van der Waals surface area (Å²) in [6.45, 7) is 1.46. The molecule has 2 saturated heterocycles. The molecule has 0 bridgehead atoms. The molecule has 6 nitrogen and oxygen atoms in total. The summed E-state index contributed by atoms with van der Waals surface area (Å²) in [5, 5.41) is 18.1. The van der Waals surface area contributed by atoms with Gasteiger partial charge in [-0.3, -0.25) is 4.79 Å². The zero-order valence-electron chi connectivity index (χ0n) is 11.8. The van der Waals surface area contributed by atoms with Crippen LogP contribution in [-0.4, -0.2) is 63.8 Å². The van der Waals surface area contributed by atoms with Crippen LogP contribution in [0.4, 0.5) is 4.79 Å². The molecule has 2 atom stereocenters. The Balaban J connectivity index is 2.02. The second-order valence-corrected chi connectivity index (χ2v) is 5.73. The van der Waals surface area contributed by atoms with E-state index in [4.69, 9.17) is 10.2 Å². The summed E-state index contributed by atoms with van der Waals surface area (Å²) in [6, 6.07) is -0.101. The molecule has 2 fully saturated rings. The lowest BCUT2D eigenvalue weighted by Gasteiger charge is -2.39. The Hall–Kier alpha value is -1.30. The molecule has 0 aromatic heterocycles. The van der Waals surface area contributed by atoms with Gasteiger partial charge in [0.15, 0.2) is 0 Å². The second kappa shape index (κ2) is 6.92. The molecule has 20 heavy (non-hydrogen) atoms. The normalized spacial score (nSPS) is 26.9. The third-order valence-corrected chi connectivity index (χ3v) is 4.37. The van der Waals surface area contributed by atoms with E-state index < -0.39 is 5.97 Å². The van der Waals surface area contributed by atoms with E-state index in [1.165, 1.54) is 0 Å². The third-order valence-electron chi connectivity index (χ3n) is 4.37. The number of nitrogens with zero attached hydrogens (tertiary/aromatic N) is 2. The zero-order valence-corrected chi connectivity index (χ0v) is 11.8. The third kappa shape index (κ3) is 3.42. The van der Waals surface area contributed by atoms with Crippen molar-refractivity contribution in [3.05, 3.63) is 0 Å². The van der Waals surface area contributed by atoms with Crippen molar-refractivity contribution in [1.29, 1.82) is 0 Å². The van der Waals surface area contributed by atoms with E-state index in [0.29, 0.717) is 13.0 Å². The maximum atomic E-state index is 12.7. The number of carbonyl (C=O) groups excluding carboxylic acids is 1. The average Bonchev–Trinajstić information content (AvgIpc) is 2.86. The fraction of sp³-hybridized carbons (Fsp3) is 0.857. The van der Waals surface area contributed by atoms with Gasteiger partial charge < -0.3 is 20.0 Å². The number of aliphatic carboxylic acids is 1. The van der Waals surface area contributed by atoms with Gasteiger partial charge in [0.2, 0.25) is 0 Å². The molecule has 2 N–H and O–H groups in total. The summed E-state index contributed by atoms with van der Waals surface area (Å²) < 4.78 is 0. The lowest BCUT2D eigenvalue weighted by atomic mass is 10.00. The van der Waals surface area contributed by atoms with E-state index in [2.05, 4.69) is 0 Å². The fourth-order valence-electron chi connectivity index (χ4n) is 3.37. The smallest absolute Gasteiger partial charge is 0.320 e. The van der Waals surface area contributed by atoms with Crippen molar-refractivity contribution in [3.8, 4) is 0 Å². The number of amides is 2. The highest BCUT2D eigenvalue weighted by Crippen LogP contribution is 2.26. The predicted molar refractivity (Wildman–Crippen MR) is 73.4 cm³/mol. The fourth-order valence-corrected chi connectivity index (χ4v) is 3.37. The van der Waals surface area contributed by atoms with Crippen molar-refractivity contribution in [3.63, 3.8) is 0 Å². The van der Waals surface area contributed by atoms with E-state index in [1.54, 1.807) is 4.90 Å².